The fraction of sp³-hybridized carbons (Fsp3) is 0.500. The van der Waals surface area contributed by atoms with Crippen molar-refractivity contribution in [2.45, 2.75) is 58.9 Å². The Morgan fingerprint density at radius 2 is 2.17 bits per heavy atom. The number of thiazole rings is 1. The summed E-state index contributed by atoms with van der Waals surface area (Å²) < 4.78 is 1.93. The molecule has 0 radical (unpaired) electrons. The van der Waals surface area contributed by atoms with E-state index in [1.54, 1.807) is 11.3 Å². The number of aromatic nitrogens is 3. The van der Waals surface area contributed by atoms with Gasteiger partial charge in [-0.15, -0.1) is 17.9 Å². The lowest BCUT2D eigenvalue weighted by molar-refractivity contribution is -0.116. The fourth-order valence-corrected chi connectivity index (χ4v) is 4.29. The molecular weight excluding hydrogens is 320 g/mol. The highest BCUT2D eigenvalue weighted by Crippen LogP contribution is 2.29. The molecule has 0 bridgehead atoms. The monoisotopic (exact) mass is 344 g/mol. The van der Waals surface area contributed by atoms with Crippen LogP contribution in [0.3, 0.4) is 0 Å². The number of nitrogens with zero attached hydrogens (tertiary/aromatic N) is 3. The molecule has 1 N–H and O–H groups in total. The van der Waals surface area contributed by atoms with Crippen LogP contribution < -0.4 is 5.32 Å². The topological polar surface area (TPSA) is 59.8 Å². The first-order valence-corrected chi connectivity index (χ1v) is 9.32. The van der Waals surface area contributed by atoms with E-state index in [1.807, 2.05) is 24.6 Å². The van der Waals surface area contributed by atoms with Crippen LogP contribution in [0.25, 0.3) is 0 Å². The molecular formula is C18H24N4OS. The van der Waals surface area contributed by atoms with E-state index in [0.717, 1.165) is 34.9 Å². The Balaban J connectivity index is 1.60. The van der Waals surface area contributed by atoms with Crippen LogP contribution in [0.4, 0.5) is 5.13 Å². The van der Waals surface area contributed by atoms with Gasteiger partial charge in [0.05, 0.1) is 17.9 Å². The number of nitrogens with one attached hydrogen (secondary N) is 1. The Morgan fingerprint density at radius 3 is 2.92 bits per heavy atom. The minimum Gasteiger partial charge on any atom is -0.302 e. The van der Waals surface area contributed by atoms with Crippen molar-refractivity contribution in [2.75, 3.05) is 5.32 Å². The van der Waals surface area contributed by atoms with Gasteiger partial charge >= 0.3 is 0 Å². The second-order valence-corrected chi connectivity index (χ2v) is 7.35. The summed E-state index contributed by atoms with van der Waals surface area (Å²) in [6.45, 7) is 8.49. The van der Waals surface area contributed by atoms with Gasteiger partial charge in [0, 0.05) is 17.0 Å². The highest BCUT2D eigenvalue weighted by Gasteiger charge is 2.17. The van der Waals surface area contributed by atoms with Crippen molar-refractivity contribution in [3.05, 3.63) is 40.2 Å². The van der Waals surface area contributed by atoms with Crippen LogP contribution in [0.15, 0.2) is 12.7 Å². The number of amides is 1. The molecule has 2 aromatic rings. The van der Waals surface area contributed by atoms with Gasteiger partial charge in [0.1, 0.15) is 0 Å². The van der Waals surface area contributed by atoms with Gasteiger partial charge < -0.3 is 5.32 Å². The van der Waals surface area contributed by atoms with Crippen molar-refractivity contribution < 1.29 is 4.79 Å². The lowest BCUT2D eigenvalue weighted by Crippen LogP contribution is -2.12. The maximum absolute atomic E-state index is 12.3. The predicted molar refractivity (Wildman–Crippen MR) is 97.6 cm³/mol. The van der Waals surface area contributed by atoms with Gasteiger partial charge in [-0.3, -0.25) is 9.48 Å². The number of aryl methyl sites for hydroxylation is 3. The number of carbonyl (C=O) groups is 1. The molecule has 2 aromatic heterocycles. The average Bonchev–Trinajstić information content (AvgIpc) is 3.07. The number of hydrogen-bond acceptors (Lipinski definition) is 4. The third kappa shape index (κ3) is 3.59. The van der Waals surface area contributed by atoms with Crippen molar-refractivity contribution in [1.82, 2.24) is 14.8 Å². The van der Waals surface area contributed by atoms with Gasteiger partial charge in [-0.1, -0.05) is 6.08 Å². The van der Waals surface area contributed by atoms with E-state index in [1.165, 1.54) is 23.4 Å². The van der Waals surface area contributed by atoms with Gasteiger partial charge in [-0.05, 0) is 51.5 Å². The summed E-state index contributed by atoms with van der Waals surface area (Å²) in [5, 5.41) is 8.23. The lowest BCUT2D eigenvalue weighted by atomic mass is 10.0. The first kappa shape index (κ1) is 16.9. The summed E-state index contributed by atoms with van der Waals surface area (Å²) in [7, 11) is 0. The highest BCUT2D eigenvalue weighted by atomic mass is 32.1. The Kier molecular flexibility index (Phi) is 5.14. The van der Waals surface area contributed by atoms with Crippen molar-refractivity contribution in [1.29, 1.82) is 0 Å². The molecule has 0 saturated heterocycles. The van der Waals surface area contributed by atoms with Crippen LogP contribution in [0, 0.1) is 13.8 Å². The zero-order valence-corrected chi connectivity index (χ0v) is 15.2. The third-order valence-corrected chi connectivity index (χ3v) is 5.60. The van der Waals surface area contributed by atoms with Gasteiger partial charge in [0.15, 0.2) is 5.13 Å². The van der Waals surface area contributed by atoms with Crippen LogP contribution in [-0.2, 0) is 30.6 Å². The molecule has 0 aliphatic heterocycles. The van der Waals surface area contributed by atoms with Crippen LogP contribution in [0.5, 0.6) is 0 Å². The summed E-state index contributed by atoms with van der Waals surface area (Å²) in [4.78, 5) is 18.2. The Bertz CT molecular complexity index is 736. The number of anilines is 1. The Hall–Kier alpha value is -1.95. The van der Waals surface area contributed by atoms with Gasteiger partial charge in [-0.2, -0.15) is 5.10 Å². The number of rotatable bonds is 6. The van der Waals surface area contributed by atoms with E-state index in [2.05, 4.69) is 22.0 Å². The van der Waals surface area contributed by atoms with Gasteiger partial charge in [0.2, 0.25) is 5.91 Å². The Morgan fingerprint density at radius 1 is 1.38 bits per heavy atom. The summed E-state index contributed by atoms with van der Waals surface area (Å²) in [6, 6.07) is 0. The summed E-state index contributed by atoms with van der Waals surface area (Å²) in [5.41, 5.74) is 4.45. The first-order chi connectivity index (χ1) is 11.6. The van der Waals surface area contributed by atoms with Crippen molar-refractivity contribution in [3.63, 3.8) is 0 Å². The third-order valence-electron chi connectivity index (χ3n) is 4.53. The molecule has 24 heavy (non-hydrogen) atoms. The number of allylic oxidation sites excluding steroid dienone is 1. The number of hydrogen-bond donors (Lipinski definition) is 1. The SMILES string of the molecule is C=CCn1nc(C)c(CCC(=O)Nc2nc3c(s2)CCCC3)c1C. The molecule has 3 rings (SSSR count). The summed E-state index contributed by atoms with van der Waals surface area (Å²) in [6.07, 6.45) is 7.57. The Labute approximate surface area is 146 Å². The molecule has 0 atom stereocenters. The van der Waals surface area contributed by atoms with Crippen LogP contribution in [0.2, 0.25) is 0 Å². The van der Waals surface area contributed by atoms with E-state index >= 15 is 0 Å². The standard InChI is InChI=1S/C18H24N4OS/c1-4-11-22-13(3)14(12(2)21-22)9-10-17(23)20-18-19-15-7-5-6-8-16(15)24-18/h4H,1,5-11H2,2-3H3,(H,19,20,23). The fourth-order valence-electron chi connectivity index (χ4n) is 3.22. The van der Waals surface area contributed by atoms with Gasteiger partial charge in [-0.25, -0.2) is 4.98 Å². The van der Waals surface area contributed by atoms with Crippen molar-refractivity contribution in [3.8, 4) is 0 Å². The van der Waals surface area contributed by atoms with Crippen molar-refractivity contribution in [2.24, 2.45) is 0 Å². The van der Waals surface area contributed by atoms with Crippen LogP contribution in [0.1, 0.15) is 46.8 Å². The van der Waals surface area contributed by atoms with E-state index in [9.17, 15) is 4.79 Å². The average molecular weight is 344 g/mol. The van der Waals surface area contributed by atoms with E-state index in [4.69, 9.17) is 0 Å². The van der Waals surface area contributed by atoms with Crippen LogP contribution >= 0.6 is 11.3 Å². The largest absolute Gasteiger partial charge is 0.302 e. The lowest BCUT2D eigenvalue weighted by Gasteiger charge is -2.06. The molecule has 6 heteroatoms. The molecule has 0 saturated carbocycles. The zero-order chi connectivity index (χ0) is 17.1. The quantitative estimate of drug-likeness (QED) is 0.815. The highest BCUT2D eigenvalue weighted by molar-refractivity contribution is 7.15. The van der Waals surface area contributed by atoms with Gasteiger partial charge in [0.25, 0.3) is 0 Å². The zero-order valence-electron chi connectivity index (χ0n) is 14.4. The molecule has 5 nitrogen and oxygen atoms in total. The maximum atomic E-state index is 12.3. The minimum atomic E-state index is 0.0244. The van der Waals surface area contributed by atoms with Crippen molar-refractivity contribution >= 4 is 22.4 Å². The smallest absolute Gasteiger partial charge is 0.226 e. The molecule has 1 aliphatic rings. The molecule has 0 spiro atoms. The molecule has 2 heterocycles. The maximum Gasteiger partial charge on any atom is 0.226 e. The van der Waals surface area contributed by atoms with E-state index in [-0.39, 0.29) is 5.91 Å². The molecule has 128 valence electrons. The number of carbonyl (C=O) groups excluding carboxylic acids is 1. The molecule has 0 aromatic carbocycles. The molecule has 0 fully saturated rings. The normalized spacial score (nSPS) is 13.6. The van der Waals surface area contributed by atoms with E-state index < -0.39 is 0 Å². The summed E-state index contributed by atoms with van der Waals surface area (Å²) in [5.74, 6) is 0.0244. The van der Waals surface area contributed by atoms with Crippen LogP contribution in [-0.4, -0.2) is 20.7 Å². The summed E-state index contributed by atoms with van der Waals surface area (Å²) >= 11 is 1.63. The molecule has 0 unspecified atom stereocenters. The minimum absolute atomic E-state index is 0.0244. The first-order valence-electron chi connectivity index (χ1n) is 8.50. The van der Waals surface area contributed by atoms with E-state index in [0.29, 0.717) is 19.4 Å². The number of fused-ring (bicyclic) bond motifs is 1. The molecule has 1 aliphatic carbocycles. The predicted octanol–water partition coefficient (Wildman–Crippen LogP) is 3.59. The second kappa shape index (κ2) is 7.30. The molecule has 1 amide bonds. The second-order valence-electron chi connectivity index (χ2n) is 6.26.